The monoisotopic (exact) mass is 467 g/mol. The fourth-order valence-electron chi connectivity index (χ4n) is 2.64. The van der Waals surface area contributed by atoms with Gasteiger partial charge < -0.3 is 4.74 Å². The number of hydrogen-bond donors (Lipinski definition) is 1. The van der Waals surface area contributed by atoms with Crippen LogP contribution in [-0.2, 0) is 14.8 Å². The van der Waals surface area contributed by atoms with E-state index >= 15 is 0 Å². The molecule has 0 saturated carbocycles. The van der Waals surface area contributed by atoms with Gasteiger partial charge in [0.2, 0.25) is 10.0 Å². The Bertz CT molecular complexity index is 986. The Morgan fingerprint density at radius 2 is 1.86 bits per heavy atom. The average molecular weight is 468 g/mol. The third-order valence-corrected chi connectivity index (χ3v) is 5.40. The van der Waals surface area contributed by atoms with Gasteiger partial charge in [0.15, 0.2) is 0 Å². The lowest BCUT2D eigenvalue weighted by atomic mass is 10.1. The Morgan fingerprint density at radius 1 is 1.21 bits per heavy atom. The standard InChI is InChI=1S/C19H22BrN3O4S/c1-13-7-14(2)9-17(8-13)23(28(4,25)26)12-19(24)22-21-11-15-10-16(20)5-6-18(15)27-3/h5-11H,12H2,1-4H3,(H,22,24)/b21-11-. The quantitative estimate of drug-likeness (QED) is 0.500. The number of hydrazone groups is 1. The summed E-state index contributed by atoms with van der Waals surface area (Å²) in [6.07, 6.45) is 2.50. The largest absolute Gasteiger partial charge is 0.496 e. The minimum Gasteiger partial charge on any atom is -0.496 e. The summed E-state index contributed by atoms with van der Waals surface area (Å²) < 4.78 is 31.5. The number of aryl methyl sites for hydroxylation is 2. The summed E-state index contributed by atoms with van der Waals surface area (Å²) in [4.78, 5) is 12.3. The normalized spacial score (nSPS) is 11.5. The van der Waals surface area contributed by atoms with E-state index < -0.39 is 15.9 Å². The maximum atomic E-state index is 12.3. The van der Waals surface area contributed by atoms with Crippen LogP contribution in [0.25, 0.3) is 0 Å². The zero-order valence-electron chi connectivity index (χ0n) is 16.1. The van der Waals surface area contributed by atoms with Crippen molar-refractivity contribution in [2.45, 2.75) is 13.8 Å². The van der Waals surface area contributed by atoms with E-state index in [9.17, 15) is 13.2 Å². The van der Waals surface area contributed by atoms with Gasteiger partial charge in [-0.05, 0) is 55.3 Å². The van der Waals surface area contributed by atoms with Gasteiger partial charge in [-0.1, -0.05) is 22.0 Å². The van der Waals surface area contributed by atoms with E-state index in [0.29, 0.717) is 17.0 Å². The Labute approximate surface area is 173 Å². The zero-order valence-corrected chi connectivity index (χ0v) is 18.5. The number of hydrogen-bond acceptors (Lipinski definition) is 5. The summed E-state index contributed by atoms with van der Waals surface area (Å²) in [6.45, 7) is 3.36. The van der Waals surface area contributed by atoms with Crippen molar-refractivity contribution in [2.24, 2.45) is 5.10 Å². The maximum Gasteiger partial charge on any atom is 0.260 e. The van der Waals surface area contributed by atoms with Gasteiger partial charge in [0, 0.05) is 10.0 Å². The lowest BCUT2D eigenvalue weighted by Gasteiger charge is -2.22. The zero-order chi connectivity index (χ0) is 20.9. The fourth-order valence-corrected chi connectivity index (χ4v) is 3.86. The number of benzene rings is 2. The number of carbonyl (C=O) groups is 1. The van der Waals surface area contributed by atoms with Gasteiger partial charge in [-0.2, -0.15) is 5.10 Å². The first-order valence-corrected chi connectivity index (χ1v) is 11.0. The number of rotatable bonds is 7. The number of ether oxygens (including phenoxy) is 1. The van der Waals surface area contributed by atoms with E-state index in [2.05, 4.69) is 26.5 Å². The van der Waals surface area contributed by atoms with Gasteiger partial charge in [-0.3, -0.25) is 9.10 Å². The second-order valence-electron chi connectivity index (χ2n) is 6.29. The first-order chi connectivity index (χ1) is 13.1. The van der Waals surface area contributed by atoms with E-state index in [1.807, 2.05) is 26.0 Å². The van der Waals surface area contributed by atoms with E-state index in [1.165, 1.54) is 13.3 Å². The molecule has 0 unspecified atom stereocenters. The first kappa shape index (κ1) is 21.9. The number of anilines is 1. The van der Waals surface area contributed by atoms with Crippen LogP contribution in [0.3, 0.4) is 0 Å². The van der Waals surface area contributed by atoms with Crippen LogP contribution in [0.1, 0.15) is 16.7 Å². The molecule has 0 heterocycles. The van der Waals surface area contributed by atoms with Gasteiger partial charge in [0.1, 0.15) is 12.3 Å². The van der Waals surface area contributed by atoms with Crippen molar-refractivity contribution in [3.63, 3.8) is 0 Å². The molecule has 0 radical (unpaired) electrons. The van der Waals surface area contributed by atoms with E-state index in [4.69, 9.17) is 4.74 Å². The molecule has 0 aliphatic rings. The van der Waals surface area contributed by atoms with Crippen molar-refractivity contribution in [2.75, 3.05) is 24.2 Å². The molecule has 150 valence electrons. The molecule has 2 aromatic carbocycles. The highest BCUT2D eigenvalue weighted by Crippen LogP contribution is 2.22. The number of nitrogens with one attached hydrogen (secondary N) is 1. The molecule has 2 aromatic rings. The van der Waals surface area contributed by atoms with Crippen molar-refractivity contribution < 1.29 is 17.9 Å². The average Bonchev–Trinajstić information content (AvgIpc) is 2.58. The molecule has 0 saturated heterocycles. The molecule has 9 heteroatoms. The molecular weight excluding hydrogens is 446 g/mol. The highest BCUT2D eigenvalue weighted by molar-refractivity contribution is 9.10. The summed E-state index contributed by atoms with van der Waals surface area (Å²) in [7, 11) is -2.11. The molecule has 0 fully saturated rings. The van der Waals surface area contributed by atoms with Gasteiger partial charge in [-0.15, -0.1) is 0 Å². The van der Waals surface area contributed by atoms with E-state index in [0.717, 1.165) is 26.2 Å². The summed E-state index contributed by atoms with van der Waals surface area (Å²) in [5.41, 5.74) is 5.27. The SMILES string of the molecule is COc1ccc(Br)cc1/C=N\NC(=O)CN(c1cc(C)cc(C)c1)S(C)(=O)=O. The Kier molecular flexibility index (Phi) is 7.20. The van der Waals surface area contributed by atoms with Crippen LogP contribution in [0, 0.1) is 13.8 Å². The number of carbonyl (C=O) groups excluding carboxylic acids is 1. The second kappa shape index (κ2) is 9.20. The Morgan fingerprint density at radius 3 is 2.43 bits per heavy atom. The molecule has 0 atom stereocenters. The molecule has 1 amide bonds. The third kappa shape index (κ3) is 6.07. The topological polar surface area (TPSA) is 88.1 Å². The van der Waals surface area contributed by atoms with Gasteiger partial charge >= 0.3 is 0 Å². The third-order valence-electron chi connectivity index (χ3n) is 3.77. The van der Waals surface area contributed by atoms with Crippen molar-refractivity contribution in [3.05, 3.63) is 57.6 Å². The minimum absolute atomic E-state index is 0.380. The van der Waals surface area contributed by atoms with Crippen molar-refractivity contribution in [1.29, 1.82) is 0 Å². The fraction of sp³-hybridized carbons (Fsp3) is 0.263. The van der Waals surface area contributed by atoms with Crippen LogP contribution in [0.5, 0.6) is 5.75 Å². The number of methoxy groups -OCH3 is 1. The van der Waals surface area contributed by atoms with Crippen LogP contribution in [0.15, 0.2) is 46.0 Å². The summed E-state index contributed by atoms with van der Waals surface area (Å²) in [6, 6.07) is 10.7. The predicted molar refractivity (Wildman–Crippen MR) is 115 cm³/mol. The number of nitrogens with zero attached hydrogens (tertiary/aromatic N) is 2. The molecule has 0 bridgehead atoms. The molecule has 2 rings (SSSR count). The van der Waals surface area contributed by atoms with Gasteiger partial charge in [-0.25, -0.2) is 13.8 Å². The van der Waals surface area contributed by atoms with Crippen LogP contribution in [-0.4, -0.2) is 40.4 Å². The Hall–Kier alpha value is -2.39. The van der Waals surface area contributed by atoms with Crippen molar-refractivity contribution >= 4 is 43.8 Å². The summed E-state index contributed by atoms with van der Waals surface area (Å²) in [5.74, 6) is 0.0315. The Balaban J connectivity index is 2.16. The molecule has 0 aliphatic carbocycles. The second-order valence-corrected chi connectivity index (χ2v) is 9.12. The number of amides is 1. The highest BCUT2D eigenvalue weighted by atomic mass is 79.9. The maximum absolute atomic E-state index is 12.3. The molecule has 28 heavy (non-hydrogen) atoms. The van der Waals surface area contributed by atoms with Crippen LogP contribution >= 0.6 is 15.9 Å². The van der Waals surface area contributed by atoms with Crippen molar-refractivity contribution in [3.8, 4) is 5.75 Å². The minimum atomic E-state index is -3.65. The molecular formula is C19H22BrN3O4S. The van der Waals surface area contributed by atoms with E-state index in [-0.39, 0.29) is 6.54 Å². The van der Waals surface area contributed by atoms with E-state index in [1.54, 1.807) is 24.3 Å². The lowest BCUT2D eigenvalue weighted by molar-refractivity contribution is -0.119. The van der Waals surface area contributed by atoms with Crippen LogP contribution in [0.2, 0.25) is 0 Å². The molecule has 7 nitrogen and oxygen atoms in total. The molecule has 0 aromatic heterocycles. The highest BCUT2D eigenvalue weighted by Gasteiger charge is 2.21. The summed E-state index contributed by atoms with van der Waals surface area (Å²) in [5, 5.41) is 3.91. The number of sulfonamides is 1. The van der Waals surface area contributed by atoms with Gasteiger partial charge in [0.25, 0.3) is 5.91 Å². The van der Waals surface area contributed by atoms with Gasteiger partial charge in [0.05, 0.1) is 25.3 Å². The van der Waals surface area contributed by atoms with Crippen LogP contribution in [0.4, 0.5) is 5.69 Å². The number of halogens is 1. The summed E-state index contributed by atoms with van der Waals surface area (Å²) >= 11 is 3.36. The lowest BCUT2D eigenvalue weighted by Crippen LogP contribution is -2.39. The van der Waals surface area contributed by atoms with Crippen LogP contribution < -0.4 is 14.5 Å². The molecule has 0 aliphatic heterocycles. The molecule has 1 N–H and O–H groups in total. The smallest absolute Gasteiger partial charge is 0.260 e. The predicted octanol–water partition coefficient (Wildman–Crippen LogP) is 2.99. The first-order valence-electron chi connectivity index (χ1n) is 8.31. The van der Waals surface area contributed by atoms with Crippen molar-refractivity contribution in [1.82, 2.24) is 5.43 Å². The molecule has 0 spiro atoms.